The predicted molar refractivity (Wildman–Crippen MR) is 167 cm³/mol. The van der Waals surface area contributed by atoms with E-state index in [1.807, 2.05) is 51.3 Å². The topological polar surface area (TPSA) is 128 Å². The molecule has 0 unspecified atom stereocenters. The highest BCUT2D eigenvalue weighted by Gasteiger charge is 2.39. The van der Waals surface area contributed by atoms with Gasteiger partial charge in [0.15, 0.2) is 6.20 Å². The number of anilines is 1. The Balaban J connectivity index is 1.25. The highest BCUT2D eigenvalue weighted by molar-refractivity contribution is 7.85. The quantitative estimate of drug-likeness (QED) is 0.126. The highest BCUT2D eigenvalue weighted by atomic mass is 32.2. The third kappa shape index (κ3) is 6.69. The van der Waals surface area contributed by atoms with E-state index < -0.39 is 33.3 Å². The number of unbranched alkanes of at least 4 members (excludes halogenated alkanes) is 2. The fraction of sp³-hybridized carbons (Fsp3) is 0.353. The minimum absolute atomic E-state index is 0.0783. The number of hydrogen-bond acceptors (Lipinski definition) is 8. The molecule has 11 heteroatoms. The van der Waals surface area contributed by atoms with E-state index in [2.05, 4.69) is 33.7 Å². The Morgan fingerprint density at radius 3 is 2.49 bits per heavy atom. The molecule has 0 radical (unpaired) electrons. The zero-order valence-corrected chi connectivity index (χ0v) is 26.5. The van der Waals surface area contributed by atoms with Crippen LogP contribution >= 0.6 is 0 Å². The van der Waals surface area contributed by atoms with Crippen molar-refractivity contribution in [2.75, 3.05) is 11.4 Å². The van der Waals surface area contributed by atoms with Gasteiger partial charge in [-0.25, -0.2) is 13.2 Å². The van der Waals surface area contributed by atoms with Gasteiger partial charge in [-0.2, -0.15) is 4.57 Å². The Kier molecular flexibility index (Phi) is 9.22. The number of hydrogen-bond donors (Lipinski definition) is 0. The van der Waals surface area contributed by atoms with Crippen LogP contribution in [0.4, 0.5) is 5.69 Å². The first-order valence-corrected chi connectivity index (χ1v) is 16.6. The molecule has 1 saturated heterocycles. The monoisotopic (exact) mass is 631 g/mol. The molecule has 236 valence electrons. The summed E-state index contributed by atoms with van der Waals surface area (Å²) < 4.78 is 37.2. The molecular weight excluding hydrogens is 594 g/mol. The summed E-state index contributed by atoms with van der Waals surface area (Å²) in [6.07, 6.45) is 10.7. The maximum absolute atomic E-state index is 12.1. The van der Waals surface area contributed by atoms with E-state index in [1.54, 1.807) is 6.07 Å². The lowest BCUT2D eigenvalue weighted by atomic mass is 9.83. The summed E-state index contributed by atoms with van der Waals surface area (Å²) in [5.41, 5.74) is 4.33. The van der Waals surface area contributed by atoms with Crippen molar-refractivity contribution in [2.24, 2.45) is 0 Å². The lowest BCUT2D eigenvalue weighted by Gasteiger charge is -2.25. The molecule has 3 aromatic rings. The Morgan fingerprint density at radius 1 is 1.04 bits per heavy atom. The molecule has 1 fully saturated rings. The predicted octanol–water partition coefficient (Wildman–Crippen LogP) is 4.91. The highest BCUT2D eigenvalue weighted by Crippen LogP contribution is 2.48. The maximum atomic E-state index is 12.1. The van der Waals surface area contributed by atoms with E-state index in [0.29, 0.717) is 18.0 Å². The summed E-state index contributed by atoms with van der Waals surface area (Å²) in [5, 5.41) is 1.68. The summed E-state index contributed by atoms with van der Waals surface area (Å²) in [6.45, 7) is 7.54. The summed E-state index contributed by atoms with van der Waals surface area (Å²) >= 11 is 0. The fourth-order valence-electron chi connectivity index (χ4n) is 6.08. The number of aromatic nitrogens is 1. The average Bonchev–Trinajstić information content (AvgIpc) is 3.43. The number of fused-ring (bicyclic) bond motifs is 2. The van der Waals surface area contributed by atoms with Gasteiger partial charge in [-0.15, -0.1) is 5.06 Å². The van der Waals surface area contributed by atoms with Crippen LogP contribution < -0.4 is 9.47 Å². The molecule has 0 aliphatic carbocycles. The molecule has 2 aliphatic heterocycles. The zero-order chi connectivity index (χ0) is 32.4. The third-order valence-corrected chi connectivity index (χ3v) is 9.27. The zero-order valence-electron chi connectivity index (χ0n) is 25.7. The average molecular weight is 632 g/mol. The van der Waals surface area contributed by atoms with Crippen LogP contribution in [0.25, 0.3) is 17.0 Å². The molecule has 45 heavy (non-hydrogen) atoms. The Hall–Kier alpha value is -4.35. The number of hydroxylamine groups is 2. The molecule has 2 aromatic carbocycles. The molecule has 0 saturated carbocycles. The van der Waals surface area contributed by atoms with Crippen LogP contribution in [0, 0.1) is 0 Å². The standard InChI is InChI=1S/C34H37N3O7S/c1-4-36-29-17-16-25(45(41,42)43)23-27(29)34(2,3)30(36)14-10-11-24-20-22-35(28-13-8-7-12-26(24)28)21-9-5-6-15-33(40)44-37-31(38)18-19-32(37)39/h7-8,10-14,16-17,20,22-23H,4-6,9,15,18-19,21H2,1-3H3. The number of carbonyl (C=O) groups excluding carboxylic acids is 3. The van der Waals surface area contributed by atoms with Gasteiger partial charge in [0.2, 0.25) is 5.52 Å². The van der Waals surface area contributed by atoms with Gasteiger partial charge in [0.05, 0.1) is 10.3 Å². The Labute approximate surface area is 263 Å². The summed E-state index contributed by atoms with van der Waals surface area (Å²) in [5.74, 6) is -1.52. The van der Waals surface area contributed by atoms with Crippen LogP contribution in [-0.2, 0) is 41.3 Å². The molecule has 1 aromatic heterocycles. The molecule has 5 rings (SSSR count). The van der Waals surface area contributed by atoms with Crippen molar-refractivity contribution in [1.29, 1.82) is 0 Å². The number of imide groups is 1. The minimum atomic E-state index is -4.56. The second-order valence-electron chi connectivity index (χ2n) is 11.8. The molecule has 0 N–H and O–H groups in total. The van der Waals surface area contributed by atoms with Crippen LogP contribution in [0.15, 0.2) is 77.5 Å². The van der Waals surface area contributed by atoms with E-state index in [0.717, 1.165) is 52.8 Å². The number of nitrogens with zero attached hydrogens (tertiary/aromatic N) is 3. The SMILES string of the molecule is CCN1C(=CC=Cc2cc[n+](CCCCCC(=O)ON3C(=O)CCC3=O)c3ccccc23)C(C)(C)c2cc(S(=O)(=O)[O-])ccc21. The van der Waals surface area contributed by atoms with Crippen molar-refractivity contribution in [3.05, 3.63) is 83.7 Å². The molecule has 2 amide bonds. The lowest BCUT2D eigenvalue weighted by Crippen LogP contribution is -2.34. The van der Waals surface area contributed by atoms with Crippen LogP contribution in [-0.4, -0.2) is 42.4 Å². The Morgan fingerprint density at radius 2 is 1.78 bits per heavy atom. The van der Waals surface area contributed by atoms with E-state index >= 15 is 0 Å². The normalized spacial score (nSPS) is 17.2. The number of amides is 2. The fourth-order valence-corrected chi connectivity index (χ4v) is 6.57. The van der Waals surface area contributed by atoms with Gasteiger partial charge >= 0.3 is 5.97 Å². The van der Waals surface area contributed by atoms with Gasteiger partial charge < -0.3 is 14.3 Å². The summed E-state index contributed by atoms with van der Waals surface area (Å²) in [7, 11) is -4.56. The molecule has 0 atom stereocenters. The van der Waals surface area contributed by atoms with E-state index in [4.69, 9.17) is 4.84 Å². The van der Waals surface area contributed by atoms with Gasteiger partial charge in [0.25, 0.3) is 11.8 Å². The number of carbonyl (C=O) groups is 3. The first-order valence-electron chi connectivity index (χ1n) is 15.2. The molecule has 0 bridgehead atoms. The lowest BCUT2D eigenvalue weighted by molar-refractivity contribution is -0.671. The number of allylic oxidation sites excluding steroid dienone is 3. The van der Waals surface area contributed by atoms with Gasteiger partial charge in [0.1, 0.15) is 16.7 Å². The number of likely N-dealkylation sites (N-methyl/N-ethyl adjacent to an activating group) is 1. The molecule has 10 nitrogen and oxygen atoms in total. The third-order valence-electron chi connectivity index (χ3n) is 8.44. The van der Waals surface area contributed by atoms with E-state index in [-0.39, 0.29) is 24.2 Å². The van der Waals surface area contributed by atoms with Crippen molar-refractivity contribution >= 4 is 50.6 Å². The molecule has 0 spiro atoms. The molecule has 2 aliphatic rings. The number of pyridine rings is 1. The van der Waals surface area contributed by atoms with Crippen molar-refractivity contribution < 1.29 is 36.8 Å². The second-order valence-corrected chi connectivity index (χ2v) is 13.1. The van der Waals surface area contributed by atoms with Crippen molar-refractivity contribution in [3.63, 3.8) is 0 Å². The molecular formula is C34H37N3O7S. The molecule has 3 heterocycles. The number of benzene rings is 2. The van der Waals surface area contributed by atoms with Crippen molar-refractivity contribution in [2.45, 2.75) is 76.2 Å². The largest absolute Gasteiger partial charge is 0.744 e. The van der Waals surface area contributed by atoms with Gasteiger partial charge in [-0.3, -0.25) is 9.59 Å². The van der Waals surface area contributed by atoms with Gasteiger partial charge in [-0.1, -0.05) is 38.1 Å². The number of para-hydroxylation sites is 1. The maximum Gasteiger partial charge on any atom is 0.333 e. The van der Waals surface area contributed by atoms with Crippen molar-refractivity contribution in [3.8, 4) is 0 Å². The van der Waals surface area contributed by atoms with Crippen LogP contribution in [0.5, 0.6) is 0 Å². The van der Waals surface area contributed by atoms with E-state index in [1.165, 1.54) is 12.1 Å². The summed E-state index contributed by atoms with van der Waals surface area (Å²) in [4.78, 5) is 42.2. The van der Waals surface area contributed by atoms with Gasteiger partial charge in [-0.05, 0) is 61.2 Å². The number of aryl methyl sites for hydroxylation is 1. The summed E-state index contributed by atoms with van der Waals surface area (Å²) in [6, 6.07) is 14.8. The van der Waals surface area contributed by atoms with Gasteiger partial charge in [0, 0.05) is 61.2 Å². The number of rotatable bonds is 11. The van der Waals surface area contributed by atoms with Crippen molar-refractivity contribution in [1.82, 2.24) is 5.06 Å². The van der Waals surface area contributed by atoms with Crippen LogP contribution in [0.1, 0.15) is 70.4 Å². The first kappa shape index (κ1) is 32.1. The first-order chi connectivity index (χ1) is 21.4. The smallest absolute Gasteiger partial charge is 0.333 e. The minimum Gasteiger partial charge on any atom is -0.744 e. The second kappa shape index (κ2) is 12.9. The Bertz CT molecular complexity index is 1810. The van der Waals surface area contributed by atoms with E-state index in [9.17, 15) is 27.4 Å². The van der Waals surface area contributed by atoms with Crippen LogP contribution in [0.2, 0.25) is 0 Å². The van der Waals surface area contributed by atoms with Crippen LogP contribution in [0.3, 0.4) is 0 Å².